The van der Waals surface area contributed by atoms with Gasteiger partial charge in [0.25, 0.3) is 0 Å². The van der Waals surface area contributed by atoms with E-state index in [1.807, 2.05) is 13.8 Å². The average molecular weight is 257 g/mol. The van der Waals surface area contributed by atoms with E-state index in [0.29, 0.717) is 12.6 Å². The average Bonchev–Trinajstić information content (AvgIpc) is 3.02. The Morgan fingerprint density at radius 2 is 1.78 bits per heavy atom. The Balaban J connectivity index is 2.06. The van der Waals surface area contributed by atoms with E-state index in [9.17, 15) is 5.11 Å². The second-order valence-corrected chi connectivity index (χ2v) is 6.81. The topological polar surface area (TPSA) is 52.9 Å². The first-order chi connectivity index (χ1) is 8.28. The minimum Gasteiger partial charge on any atom is -0.395 e. The SMILES string of the molecule is CC1(C)OC(C)(C)C(CN(CCO)C2CC2)C1O. The van der Waals surface area contributed by atoms with Gasteiger partial charge in [-0.15, -0.1) is 0 Å². The Bertz CT molecular complexity index is 299. The normalized spacial score (nSPS) is 34.2. The van der Waals surface area contributed by atoms with Crippen molar-refractivity contribution in [3.63, 3.8) is 0 Å². The molecule has 4 heteroatoms. The van der Waals surface area contributed by atoms with Crippen molar-refractivity contribution in [1.29, 1.82) is 0 Å². The summed E-state index contributed by atoms with van der Waals surface area (Å²) in [5, 5.41) is 19.6. The van der Waals surface area contributed by atoms with Crippen LogP contribution in [0.5, 0.6) is 0 Å². The van der Waals surface area contributed by atoms with Crippen LogP contribution in [0.1, 0.15) is 40.5 Å². The van der Waals surface area contributed by atoms with E-state index in [-0.39, 0.29) is 18.1 Å². The second-order valence-electron chi connectivity index (χ2n) is 6.81. The van der Waals surface area contributed by atoms with E-state index < -0.39 is 11.7 Å². The Kier molecular flexibility index (Phi) is 3.76. The summed E-state index contributed by atoms with van der Waals surface area (Å²) in [4.78, 5) is 2.31. The quantitative estimate of drug-likeness (QED) is 0.772. The number of hydrogen-bond acceptors (Lipinski definition) is 4. The molecule has 106 valence electrons. The molecule has 0 aromatic rings. The smallest absolute Gasteiger partial charge is 0.0896 e. The van der Waals surface area contributed by atoms with Crippen molar-refractivity contribution >= 4 is 0 Å². The van der Waals surface area contributed by atoms with Gasteiger partial charge < -0.3 is 14.9 Å². The molecule has 0 aromatic heterocycles. The molecule has 0 bridgehead atoms. The van der Waals surface area contributed by atoms with Crippen LogP contribution < -0.4 is 0 Å². The maximum atomic E-state index is 10.5. The summed E-state index contributed by atoms with van der Waals surface area (Å²) in [6.45, 7) is 9.70. The van der Waals surface area contributed by atoms with E-state index in [2.05, 4.69) is 18.7 Å². The van der Waals surface area contributed by atoms with Crippen molar-refractivity contribution in [1.82, 2.24) is 4.90 Å². The van der Waals surface area contributed by atoms with Gasteiger partial charge in [-0.2, -0.15) is 0 Å². The number of ether oxygens (including phenoxy) is 1. The monoisotopic (exact) mass is 257 g/mol. The fraction of sp³-hybridized carbons (Fsp3) is 1.00. The molecule has 0 aromatic carbocycles. The van der Waals surface area contributed by atoms with Gasteiger partial charge in [0.05, 0.1) is 23.9 Å². The molecule has 2 aliphatic rings. The summed E-state index contributed by atoms with van der Waals surface area (Å²) < 4.78 is 6.00. The molecule has 2 atom stereocenters. The molecule has 2 rings (SSSR count). The summed E-state index contributed by atoms with van der Waals surface area (Å²) in [6.07, 6.45) is 1.98. The molecular weight excluding hydrogens is 230 g/mol. The zero-order valence-electron chi connectivity index (χ0n) is 12.0. The Morgan fingerprint density at radius 1 is 1.17 bits per heavy atom. The van der Waals surface area contributed by atoms with Crippen molar-refractivity contribution < 1.29 is 14.9 Å². The number of hydrogen-bond donors (Lipinski definition) is 2. The minimum absolute atomic E-state index is 0.0969. The highest BCUT2D eigenvalue weighted by Crippen LogP contribution is 2.43. The maximum Gasteiger partial charge on any atom is 0.0896 e. The van der Waals surface area contributed by atoms with E-state index in [0.717, 1.165) is 6.54 Å². The van der Waals surface area contributed by atoms with Gasteiger partial charge in [-0.05, 0) is 40.5 Å². The summed E-state index contributed by atoms with van der Waals surface area (Å²) in [5.74, 6) is 0.0969. The van der Waals surface area contributed by atoms with E-state index in [1.54, 1.807) is 0 Å². The summed E-state index contributed by atoms with van der Waals surface area (Å²) in [7, 11) is 0. The van der Waals surface area contributed by atoms with Crippen LogP contribution in [0.15, 0.2) is 0 Å². The lowest BCUT2D eigenvalue weighted by Gasteiger charge is -2.32. The van der Waals surface area contributed by atoms with Gasteiger partial charge in [-0.1, -0.05) is 0 Å². The fourth-order valence-electron chi connectivity index (χ4n) is 3.24. The highest BCUT2D eigenvalue weighted by atomic mass is 16.5. The van der Waals surface area contributed by atoms with Crippen molar-refractivity contribution in [3.8, 4) is 0 Å². The van der Waals surface area contributed by atoms with E-state index in [1.165, 1.54) is 12.8 Å². The molecule has 0 amide bonds. The van der Waals surface area contributed by atoms with Gasteiger partial charge in [-0.3, -0.25) is 4.90 Å². The predicted octanol–water partition coefficient (Wildman–Crippen LogP) is 1.01. The van der Waals surface area contributed by atoms with Crippen LogP contribution >= 0.6 is 0 Å². The lowest BCUT2D eigenvalue weighted by Crippen LogP contribution is -2.45. The molecule has 1 heterocycles. The Labute approximate surface area is 110 Å². The standard InChI is InChI=1S/C14H27NO3/c1-13(2)11(12(17)14(3,4)18-13)9-15(7-8-16)10-5-6-10/h10-12,16-17H,5-9H2,1-4H3. The third-order valence-electron chi connectivity index (χ3n) is 4.39. The van der Waals surface area contributed by atoms with Crippen LogP contribution in [0.2, 0.25) is 0 Å². The molecule has 18 heavy (non-hydrogen) atoms. The minimum atomic E-state index is -0.484. The molecular formula is C14H27NO3. The van der Waals surface area contributed by atoms with Gasteiger partial charge in [0.1, 0.15) is 0 Å². The summed E-state index contributed by atoms with van der Waals surface area (Å²) in [5.41, 5.74) is -0.798. The lowest BCUT2D eigenvalue weighted by molar-refractivity contribution is -0.0914. The van der Waals surface area contributed by atoms with Gasteiger partial charge in [0.15, 0.2) is 0 Å². The van der Waals surface area contributed by atoms with Crippen molar-refractivity contribution in [2.24, 2.45) is 5.92 Å². The van der Waals surface area contributed by atoms with Crippen LogP contribution in [-0.4, -0.2) is 58.2 Å². The predicted molar refractivity (Wildman–Crippen MR) is 70.4 cm³/mol. The van der Waals surface area contributed by atoms with Crippen LogP contribution in [0.3, 0.4) is 0 Å². The van der Waals surface area contributed by atoms with Crippen LogP contribution in [-0.2, 0) is 4.74 Å². The molecule has 1 saturated carbocycles. The molecule has 0 spiro atoms. The second kappa shape index (κ2) is 4.75. The Hall–Kier alpha value is -0.160. The van der Waals surface area contributed by atoms with E-state index >= 15 is 0 Å². The first-order valence-corrected chi connectivity index (χ1v) is 7.01. The molecule has 2 N–H and O–H groups in total. The first kappa shape index (κ1) is 14.3. The number of aliphatic hydroxyl groups excluding tert-OH is 2. The zero-order chi connectivity index (χ0) is 13.6. The lowest BCUT2D eigenvalue weighted by atomic mass is 9.84. The van der Waals surface area contributed by atoms with Crippen LogP contribution in [0.4, 0.5) is 0 Å². The fourth-order valence-corrected chi connectivity index (χ4v) is 3.24. The highest BCUT2D eigenvalue weighted by molar-refractivity contribution is 5.03. The van der Waals surface area contributed by atoms with E-state index in [4.69, 9.17) is 9.84 Å². The van der Waals surface area contributed by atoms with Crippen LogP contribution in [0, 0.1) is 5.92 Å². The molecule has 2 unspecified atom stereocenters. The van der Waals surface area contributed by atoms with Crippen molar-refractivity contribution in [3.05, 3.63) is 0 Å². The molecule has 2 fully saturated rings. The zero-order valence-corrected chi connectivity index (χ0v) is 12.0. The molecule has 1 aliphatic heterocycles. The number of aliphatic hydroxyl groups is 2. The Morgan fingerprint density at radius 3 is 2.17 bits per heavy atom. The molecule has 1 saturated heterocycles. The summed E-state index contributed by atoms with van der Waals surface area (Å²) in [6, 6.07) is 0.601. The molecule has 4 nitrogen and oxygen atoms in total. The summed E-state index contributed by atoms with van der Waals surface area (Å²) >= 11 is 0. The van der Waals surface area contributed by atoms with Gasteiger partial charge in [-0.25, -0.2) is 0 Å². The highest BCUT2D eigenvalue weighted by Gasteiger charge is 2.54. The third kappa shape index (κ3) is 2.72. The molecule has 1 aliphatic carbocycles. The number of nitrogens with zero attached hydrogens (tertiary/aromatic N) is 1. The molecule has 0 radical (unpaired) electrons. The third-order valence-corrected chi connectivity index (χ3v) is 4.39. The largest absolute Gasteiger partial charge is 0.395 e. The van der Waals surface area contributed by atoms with Gasteiger partial charge in [0.2, 0.25) is 0 Å². The van der Waals surface area contributed by atoms with Gasteiger partial charge in [0, 0.05) is 25.0 Å². The van der Waals surface area contributed by atoms with Crippen molar-refractivity contribution in [2.75, 3.05) is 19.7 Å². The van der Waals surface area contributed by atoms with Gasteiger partial charge >= 0.3 is 0 Å². The van der Waals surface area contributed by atoms with Crippen LogP contribution in [0.25, 0.3) is 0 Å². The first-order valence-electron chi connectivity index (χ1n) is 7.01. The number of rotatable bonds is 5. The maximum absolute atomic E-state index is 10.5. The van der Waals surface area contributed by atoms with Crippen molar-refractivity contribution in [2.45, 2.75) is 63.9 Å².